The normalized spacial score (nSPS) is 22.6. The molecule has 1 saturated carbocycles. The molecule has 5 aliphatic heterocycles. The van der Waals surface area contributed by atoms with Crippen molar-refractivity contribution >= 4 is 58.3 Å². The number of imide groups is 2. The maximum atomic E-state index is 13.3. The molecular weight excluding hydrogens is 750 g/mol. The third-order valence-corrected chi connectivity index (χ3v) is 12.8. The first kappa shape index (κ1) is 37.0. The molecule has 1 atom stereocenters. The van der Waals surface area contributed by atoms with Gasteiger partial charge in [-0.05, 0) is 80.5 Å². The number of hydrogen-bond donors (Lipinski definition) is 1. The second-order valence-electron chi connectivity index (χ2n) is 16.2. The van der Waals surface area contributed by atoms with E-state index >= 15 is 0 Å². The van der Waals surface area contributed by atoms with Crippen molar-refractivity contribution in [1.82, 2.24) is 30.2 Å². The van der Waals surface area contributed by atoms with Crippen LogP contribution in [0.25, 0.3) is 4.85 Å². The van der Waals surface area contributed by atoms with E-state index in [9.17, 15) is 24.0 Å². The van der Waals surface area contributed by atoms with E-state index < -0.39 is 29.7 Å². The summed E-state index contributed by atoms with van der Waals surface area (Å²) in [6, 6.07) is 13.2. The van der Waals surface area contributed by atoms with Crippen LogP contribution in [-0.2, 0) is 9.59 Å². The zero-order chi connectivity index (χ0) is 39.4. The van der Waals surface area contributed by atoms with Gasteiger partial charge in [0, 0.05) is 81.4 Å². The summed E-state index contributed by atoms with van der Waals surface area (Å²) >= 11 is 6.04. The third kappa shape index (κ3) is 7.05. The zero-order valence-corrected chi connectivity index (χ0v) is 32.1. The molecule has 5 amide bonds. The highest BCUT2D eigenvalue weighted by molar-refractivity contribution is 6.33. The fourth-order valence-electron chi connectivity index (χ4n) is 9.32. The largest absolute Gasteiger partial charge is 0.492 e. The Morgan fingerprint density at radius 1 is 0.877 bits per heavy atom. The van der Waals surface area contributed by atoms with Crippen molar-refractivity contribution in [2.45, 2.75) is 50.7 Å². The SMILES string of the molecule is [C-]#[N+]c1cc(OC2CC3(C2)CN(C(=O)c2ccc(N4CCC(CN5CCN(c6ccc7c(c6)C(=O)N(C6CCC(=O)NC6=O)C7=O)CC5)CC4)nn2)C3)ccc1Cl. The number of rotatable bonds is 8. The molecule has 1 aromatic heterocycles. The Bertz CT molecular complexity index is 2180. The Kier molecular flexibility index (Phi) is 9.56. The van der Waals surface area contributed by atoms with Crippen LogP contribution in [-0.4, -0.2) is 125 Å². The molecule has 1 N–H and O–H groups in total. The lowest BCUT2D eigenvalue weighted by Crippen LogP contribution is -2.65. The number of nitrogens with zero attached hydrogens (tertiary/aromatic N) is 8. The Hall–Kier alpha value is -5.59. The fraction of sp³-hybridized carbons (Fsp3) is 0.463. The van der Waals surface area contributed by atoms with Gasteiger partial charge in [-0.1, -0.05) is 17.7 Å². The molecule has 2 aromatic carbocycles. The average molecular weight is 792 g/mol. The lowest BCUT2D eigenvalue weighted by atomic mass is 9.61. The number of anilines is 2. The predicted octanol–water partition coefficient (Wildman–Crippen LogP) is 3.80. The van der Waals surface area contributed by atoms with Gasteiger partial charge >= 0.3 is 0 Å². The van der Waals surface area contributed by atoms with Crippen molar-refractivity contribution in [3.63, 3.8) is 0 Å². The molecule has 1 spiro atoms. The van der Waals surface area contributed by atoms with E-state index in [1.165, 1.54) is 0 Å². The van der Waals surface area contributed by atoms with Crippen LogP contribution < -0.4 is 19.9 Å². The van der Waals surface area contributed by atoms with Crippen LogP contribution in [0.5, 0.6) is 5.75 Å². The third-order valence-electron chi connectivity index (χ3n) is 12.5. The monoisotopic (exact) mass is 791 g/mol. The number of piperazine rings is 1. The number of piperidine rings is 2. The van der Waals surface area contributed by atoms with Crippen molar-refractivity contribution in [3.8, 4) is 5.75 Å². The minimum absolute atomic E-state index is 0.0598. The number of nitrogens with one attached hydrogen (secondary N) is 1. The Morgan fingerprint density at radius 2 is 1.63 bits per heavy atom. The van der Waals surface area contributed by atoms with E-state index in [2.05, 4.69) is 35.1 Å². The van der Waals surface area contributed by atoms with E-state index in [4.69, 9.17) is 22.9 Å². The molecule has 0 bridgehead atoms. The number of benzene rings is 2. The van der Waals surface area contributed by atoms with Gasteiger partial charge in [0.1, 0.15) is 11.8 Å². The van der Waals surface area contributed by atoms with Gasteiger partial charge in [-0.3, -0.25) is 39.1 Å². The van der Waals surface area contributed by atoms with E-state index in [0.717, 1.165) is 87.9 Å². The summed E-state index contributed by atoms with van der Waals surface area (Å²) in [4.78, 5) is 76.9. The summed E-state index contributed by atoms with van der Waals surface area (Å²) in [5.74, 6) is -0.0979. The van der Waals surface area contributed by atoms with Gasteiger partial charge in [0.05, 0.1) is 23.8 Å². The molecule has 4 saturated heterocycles. The van der Waals surface area contributed by atoms with Crippen LogP contribution in [0.15, 0.2) is 48.5 Å². The summed E-state index contributed by atoms with van der Waals surface area (Å²) in [7, 11) is 0. The van der Waals surface area contributed by atoms with Crippen LogP contribution in [0.4, 0.5) is 17.2 Å². The van der Waals surface area contributed by atoms with Crippen molar-refractivity contribution in [2.75, 3.05) is 68.7 Å². The van der Waals surface area contributed by atoms with Crippen LogP contribution in [0, 0.1) is 17.9 Å². The smallest absolute Gasteiger partial charge is 0.274 e. The molecule has 3 aromatic rings. The van der Waals surface area contributed by atoms with Crippen LogP contribution >= 0.6 is 11.6 Å². The number of likely N-dealkylation sites (tertiary alicyclic amines) is 1. The molecule has 1 unspecified atom stereocenters. The maximum absolute atomic E-state index is 13.3. The van der Waals surface area contributed by atoms with Gasteiger partial charge in [0.2, 0.25) is 17.5 Å². The second-order valence-corrected chi connectivity index (χ2v) is 16.6. The van der Waals surface area contributed by atoms with Crippen molar-refractivity contribution in [3.05, 3.63) is 81.8 Å². The topological polar surface area (TPSA) is 153 Å². The molecular formula is C41H42ClN9O6. The van der Waals surface area contributed by atoms with Crippen molar-refractivity contribution < 1.29 is 28.7 Å². The highest BCUT2D eigenvalue weighted by atomic mass is 35.5. The number of fused-ring (bicyclic) bond motifs is 1. The molecule has 294 valence electrons. The molecule has 5 fully saturated rings. The van der Waals surface area contributed by atoms with Gasteiger partial charge in [-0.2, -0.15) is 0 Å². The number of aromatic nitrogens is 2. The summed E-state index contributed by atoms with van der Waals surface area (Å²) in [6.07, 6.45) is 4.08. The molecule has 0 radical (unpaired) electrons. The first-order valence-electron chi connectivity index (χ1n) is 19.6. The lowest BCUT2D eigenvalue weighted by Gasteiger charge is -2.58. The molecule has 1 aliphatic carbocycles. The number of carbonyl (C=O) groups is 5. The summed E-state index contributed by atoms with van der Waals surface area (Å²) in [5, 5.41) is 11.4. The van der Waals surface area contributed by atoms with E-state index in [0.29, 0.717) is 52.3 Å². The number of ether oxygens (including phenoxy) is 1. The van der Waals surface area contributed by atoms with Gasteiger partial charge in [-0.25, -0.2) is 4.85 Å². The molecule has 6 aliphatic rings. The predicted molar refractivity (Wildman–Crippen MR) is 208 cm³/mol. The van der Waals surface area contributed by atoms with Crippen LogP contribution in [0.3, 0.4) is 0 Å². The number of carbonyl (C=O) groups excluding carboxylic acids is 5. The summed E-state index contributed by atoms with van der Waals surface area (Å²) < 4.78 is 6.06. The van der Waals surface area contributed by atoms with Gasteiger partial charge in [-0.15, -0.1) is 10.2 Å². The van der Waals surface area contributed by atoms with Gasteiger partial charge in [0.25, 0.3) is 17.7 Å². The Morgan fingerprint density at radius 3 is 2.33 bits per heavy atom. The van der Waals surface area contributed by atoms with Crippen molar-refractivity contribution in [1.29, 1.82) is 0 Å². The number of halogens is 1. The fourth-order valence-corrected chi connectivity index (χ4v) is 9.48. The second kappa shape index (κ2) is 14.7. The highest BCUT2D eigenvalue weighted by Gasteiger charge is 2.55. The minimum Gasteiger partial charge on any atom is -0.492 e. The van der Waals surface area contributed by atoms with Crippen LogP contribution in [0.2, 0.25) is 5.02 Å². The van der Waals surface area contributed by atoms with E-state index in [-0.39, 0.29) is 30.3 Å². The van der Waals surface area contributed by atoms with Crippen LogP contribution in [0.1, 0.15) is 69.7 Å². The van der Waals surface area contributed by atoms with Gasteiger partial charge in [0.15, 0.2) is 11.5 Å². The minimum atomic E-state index is -0.976. The first-order chi connectivity index (χ1) is 27.6. The van der Waals surface area contributed by atoms with Gasteiger partial charge < -0.3 is 19.4 Å². The molecule has 57 heavy (non-hydrogen) atoms. The number of hydrogen-bond acceptors (Lipinski definition) is 11. The first-order valence-corrected chi connectivity index (χ1v) is 20.0. The Balaban J connectivity index is 0.701. The highest BCUT2D eigenvalue weighted by Crippen LogP contribution is 2.50. The molecule has 15 nitrogen and oxygen atoms in total. The summed E-state index contributed by atoms with van der Waals surface area (Å²) in [5.41, 5.74) is 2.29. The Labute approximate surface area is 334 Å². The number of amides is 5. The molecule has 16 heteroatoms. The quantitative estimate of drug-likeness (QED) is 0.262. The zero-order valence-electron chi connectivity index (χ0n) is 31.4. The lowest BCUT2D eigenvalue weighted by molar-refractivity contribution is -0.136. The average Bonchev–Trinajstić information content (AvgIpc) is 3.44. The molecule has 6 heterocycles. The molecule has 9 rings (SSSR count). The maximum Gasteiger partial charge on any atom is 0.274 e. The van der Waals surface area contributed by atoms with Crippen molar-refractivity contribution in [2.24, 2.45) is 11.3 Å². The van der Waals surface area contributed by atoms with E-state index in [1.54, 1.807) is 36.4 Å². The summed E-state index contributed by atoms with van der Waals surface area (Å²) in [6.45, 7) is 14.7. The van der Waals surface area contributed by atoms with E-state index in [1.807, 2.05) is 17.0 Å². The standard InChI is InChI=1S/C41H42ClN9O6/c1-43-33-19-27(3-5-31(33)42)57-28-20-41(21-28)23-50(24-41)40(56)32-6-8-35(46-45-32)49-12-10-25(11-13-49)22-47-14-16-48(17-15-47)26-2-4-29-30(18-26)39(55)51(38(29)54)34-7-9-36(52)44-37(34)53/h2-6,8,18-19,25,28,34H,7,9-17,20-24H2,(H,44,52,53).